The predicted octanol–water partition coefficient (Wildman–Crippen LogP) is 2.06. The molecule has 2 N–H and O–H groups in total. The molecule has 0 aliphatic heterocycles. The maximum Gasteiger partial charge on any atom is 0.170 e. The van der Waals surface area contributed by atoms with Crippen LogP contribution in [0, 0.1) is 6.92 Å². The van der Waals surface area contributed by atoms with Crippen LogP contribution in [0.4, 0.5) is 0 Å². The molecule has 2 atom stereocenters. The molecule has 0 spiro atoms. The van der Waals surface area contributed by atoms with Gasteiger partial charge in [-0.2, -0.15) is 4.37 Å². The minimum Gasteiger partial charge on any atom is -0.327 e. The van der Waals surface area contributed by atoms with Crippen molar-refractivity contribution in [1.29, 1.82) is 0 Å². The molecular weight excluding hydrogens is 202 g/mol. The summed E-state index contributed by atoms with van der Waals surface area (Å²) in [6.45, 7) is 6.15. The molecule has 0 aromatic carbocycles. The summed E-state index contributed by atoms with van der Waals surface area (Å²) in [6, 6.07) is 0.245. The highest BCUT2D eigenvalue weighted by atomic mass is 32.2. The molecule has 0 aliphatic rings. The summed E-state index contributed by atoms with van der Waals surface area (Å²) in [4.78, 5) is 4.28. The molecule has 5 heteroatoms. The zero-order chi connectivity index (χ0) is 9.84. The summed E-state index contributed by atoms with van der Waals surface area (Å²) in [7, 11) is 0. The summed E-state index contributed by atoms with van der Waals surface area (Å²) in [5.41, 5.74) is 5.91. The molecule has 0 fully saturated rings. The summed E-state index contributed by atoms with van der Waals surface area (Å²) in [5, 5.41) is 0.414. The van der Waals surface area contributed by atoms with Gasteiger partial charge in [0, 0.05) is 11.3 Å². The number of hydrogen-bond donors (Lipinski definition) is 1. The van der Waals surface area contributed by atoms with Crippen molar-refractivity contribution in [2.24, 2.45) is 5.73 Å². The molecule has 0 radical (unpaired) electrons. The van der Waals surface area contributed by atoms with E-state index in [1.807, 2.05) is 6.92 Å². The van der Waals surface area contributed by atoms with Gasteiger partial charge in [-0.1, -0.05) is 25.6 Å². The summed E-state index contributed by atoms with van der Waals surface area (Å²) in [5.74, 6) is 0.852. The van der Waals surface area contributed by atoms with Gasteiger partial charge in [-0.3, -0.25) is 0 Å². The Morgan fingerprint density at radius 1 is 1.62 bits per heavy atom. The van der Waals surface area contributed by atoms with Gasteiger partial charge >= 0.3 is 0 Å². The van der Waals surface area contributed by atoms with E-state index in [0.29, 0.717) is 5.25 Å². The van der Waals surface area contributed by atoms with Gasteiger partial charge in [0.05, 0.1) is 0 Å². The van der Waals surface area contributed by atoms with E-state index in [1.54, 1.807) is 11.8 Å². The lowest BCUT2D eigenvalue weighted by atomic mass is 10.2. The van der Waals surface area contributed by atoms with Crippen LogP contribution in [0.5, 0.6) is 0 Å². The maximum absolute atomic E-state index is 5.91. The average Bonchev–Trinajstić information content (AvgIpc) is 2.49. The van der Waals surface area contributed by atoms with E-state index in [1.165, 1.54) is 11.5 Å². The number of nitrogens with two attached hydrogens (primary N) is 1. The topological polar surface area (TPSA) is 51.8 Å². The Morgan fingerprint density at radius 2 is 2.31 bits per heavy atom. The molecule has 3 nitrogen and oxygen atoms in total. The molecular formula is C8H15N3S2. The normalized spacial score (nSPS) is 15.7. The van der Waals surface area contributed by atoms with Crippen molar-refractivity contribution in [2.45, 2.75) is 42.8 Å². The van der Waals surface area contributed by atoms with Crippen LogP contribution >= 0.6 is 23.3 Å². The first-order chi connectivity index (χ1) is 6.13. The Hall–Kier alpha value is -0.130. The molecule has 0 saturated carbocycles. The second-order valence-corrected chi connectivity index (χ2v) is 5.38. The van der Waals surface area contributed by atoms with Crippen LogP contribution in [0.1, 0.15) is 26.1 Å². The number of thioether (sulfide) groups is 1. The van der Waals surface area contributed by atoms with E-state index in [2.05, 4.69) is 23.2 Å². The molecule has 13 heavy (non-hydrogen) atoms. The highest BCUT2D eigenvalue weighted by Crippen LogP contribution is 2.26. The van der Waals surface area contributed by atoms with Crippen molar-refractivity contribution in [3.8, 4) is 0 Å². The molecule has 1 heterocycles. The lowest BCUT2D eigenvalue weighted by molar-refractivity contribution is 0.642. The molecule has 0 amide bonds. The minimum absolute atomic E-state index is 0.245. The zero-order valence-corrected chi connectivity index (χ0v) is 9.78. The number of rotatable bonds is 4. The van der Waals surface area contributed by atoms with Crippen LogP contribution in [0.2, 0.25) is 0 Å². The Morgan fingerprint density at radius 3 is 2.77 bits per heavy atom. The van der Waals surface area contributed by atoms with Gasteiger partial charge in [-0.15, -0.1) is 0 Å². The van der Waals surface area contributed by atoms with Crippen LogP contribution in [-0.4, -0.2) is 20.6 Å². The third-order valence-electron chi connectivity index (χ3n) is 1.87. The lowest BCUT2D eigenvalue weighted by Crippen LogP contribution is -2.29. The fourth-order valence-corrected chi connectivity index (χ4v) is 2.94. The van der Waals surface area contributed by atoms with E-state index in [9.17, 15) is 0 Å². The third kappa shape index (κ3) is 3.25. The highest BCUT2D eigenvalue weighted by molar-refractivity contribution is 8.01. The third-order valence-corrected chi connectivity index (χ3v) is 4.00. The van der Waals surface area contributed by atoms with Gasteiger partial charge in [0.2, 0.25) is 0 Å². The van der Waals surface area contributed by atoms with Crippen molar-refractivity contribution in [3.63, 3.8) is 0 Å². The summed E-state index contributed by atoms with van der Waals surface area (Å²) in [6.07, 6.45) is 1.01. The van der Waals surface area contributed by atoms with Crippen LogP contribution < -0.4 is 5.73 Å². The number of aromatic nitrogens is 2. The van der Waals surface area contributed by atoms with E-state index in [0.717, 1.165) is 16.6 Å². The monoisotopic (exact) mass is 217 g/mol. The Balaban J connectivity index is 2.49. The fourth-order valence-electron chi connectivity index (χ4n) is 0.904. The summed E-state index contributed by atoms with van der Waals surface area (Å²) < 4.78 is 5.15. The van der Waals surface area contributed by atoms with Gasteiger partial charge in [0.15, 0.2) is 4.34 Å². The van der Waals surface area contributed by atoms with E-state index < -0.39 is 0 Å². The van der Waals surface area contributed by atoms with Gasteiger partial charge in [0.1, 0.15) is 5.82 Å². The van der Waals surface area contributed by atoms with Crippen LogP contribution in [0.3, 0.4) is 0 Å². The van der Waals surface area contributed by atoms with E-state index in [-0.39, 0.29) is 6.04 Å². The van der Waals surface area contributed by atoms with Crippen molar-refractivity contribution >= 4 is 23.3 Å². The second kappa shape index (κ2) is 4.93. The quantitative estimate of drug-likeness (QED) is 0.784. The standard InChI is InChI=1S/C8H15N3S2/c1-4-7(9)5(2)12-8-10-6(3)11-13-8/h5,7H,4,9H2,1-3H3. The van der Waals surface area contributed by atoms with Crippen molar-refractivity contribution < 1.29 is 0 Å². The Bertz CT molecular complexity index is 262. The molecule has 0 bridgehead atoms. The molecule has 0 aliphatic carbocycles. The maximum atomic E-state index is 5.91. The highest BCUT2D eigenvalue weighted by Gasteiger charge is 2.14. The molecule has 0 saturated heterocycles. The predicted molar refractivity (Wildman–Crippen MR) is 58.2 cm³/mol. The smallest absolute Gasteiger partial charge is 0.170 e. The number of aryl methyl sites for hydroxylation is 1. The van der Waals surface area contributed by atoms with Gasteiger partial charge < -0.3 is 5.73 Å². The van der Waals surface area contributed by atoms with Gasteiger partial charge in [-0.25, -0.2) is 4.98 Å². The first-order valence-corrected chi connectivity index (χ1v) is 6.01. The van der Waals surface area contributed by atoms with Crippen LogP contribution in [0.15, 0.2) is 4.34 Å². The fraction of sp³-hybridized carbons (Fsp3) is 0.750. The number of hydrogen-bond acceptors (Lipinski definition) is 5. The first-order valence-electron chi connectivity index (χ1n) is 4.36. The van der Waals surface area contributed by atoms with Crippen LogP contribution in [-0.2, 0) is 0 Å². The molecule has 74 valence electrons. The van der Waals surface area contributed by atoms with Crippen molar-refractivity contribution in [1.82, 2.24) is 9.36 Å². The number of nitrogens with zero attached hydrogens (tertiary/aromatic N) is 2. The largest absolute Gasteiger partial charge is 0.327 e. The minimum atomic E-state index is 0.245. The van der Waals surface area contributed by atoms with Crippen molar-refractivity contribution in [3.05, 3.63) is 5.82 Å². The second-order valence-electron chi connectivity index (χ2n) is 3.00. The van der Waals surface area contributed by atoms with Crippen LogP contribution in [0.25, 0.3) is 0 Å². The summed E-state index contributed by atoms with van der Waals surface area (Å²) >= 11 is 3.17. The molecule has 2 unspecified atom stereocenters. The Labute approximate surface area is 87.3 Å². The SMILES string of the molecule is CCC(N)C(C)Sc1nc(C)ns1. The van der Waals surface area contributed by atoms with E-state index >= 15 is 0 Å². The van der Waals surface area contributed by atoms with E-state index in [4.69, 9.17) is 5.73 Å². The average molecular weight is 217 g/mol. The van der Waals surface area contributed by atoms with Crippen molar-refractivity contribution in [2.75, 3.05) is 0 Å². The molecule has 1 aromatic rings. The zero-order valence-electron chi connectivity index (χ0n) is 8.15. The Kier molecular flexibility index (Phi) is 4.15. The molecule has 1 aromatic heterocycles. The molecule has 1 rings (SSSR count). The first kappa shape index (κ1) is 10.9. The van der Waals surface area contributed by atoms with Gasteiger partial charge in [-0.05, 0) is 24.9 Å². The van der Waals surface area contributed by atoms with Gasteiger partial charge in [0.25, 0.3) is 0 Å². The lowest BCUT2D eigenvalue weighted by Gasteiger charge is -2.15.